The van der Waals surface area contributed by atoms with E-state index in [-0.39, 0.29) is 0 Å². The molecular formula is C16H18ClN3S. The van der Waals surface area contributed by atoms with E-state index in [1.54, 1.807) is 11.3 Å². The maximum Gasteiger partial charge on any atom is 0.125 e. The van der Waals surface area contributed by atoms with Gasteiger partial charge in [0.1, 0.15) is 5.01 Å². The SMILES string of the molecule is Clc1ccccc1-c1nc(CN2CC3CNCC3C2)cs1. The third-order valence-electron chi connectivity index (χ3n) is 4.51. The largest absolute Gasteiger partial charge is 0.316 e. The predicted octanol–water partition coefficient (Wildman–Crippen LogP) is 3.11. The number of aromatic nitrogens is 1. The van der Waals surface area contributed by atoms with Crippen LogP contribution in [-0.2, 0) is 6.54 Å². The second kappa shape index (κ2) is 5.69. The van der Waals surface area contributed by atoms with Crippen LogP contribution in [0.15, 0.2) is 29.6 Å². The molecule has 2 saturated heterocycles. The van der Waals surface area contributed by atoms with Gasteiger partial charge in [-0.05, 0) is 31.0 Å². The number of nitrogens with zero attached hydrogens (tertiary/aromatic N) is 2. The number of likely N-dealkylation sites (tertiary alicyclic amines) is 1. The fourth-order valence-corrected chi connectivity index (χ4v) is 4.58. The van der Waals surface area contributed by atoms with Crippen LogP contribution < -0.4 is 5.32 Å². The van der Waals surface area contributed by atoms with Crippen molar-refractivity contribution in [2.24, 2.45) is 11.8 Å². The van der Waals surface area contributed by atoms with E-state index < -0.39 is 0 Å². The lowest BCUT2D eigenvalue weighted by atomic mass is 10.0. The Morgan fingerprint density at radius 2 is 2.00 bits per heavy atom. The third kappa shape index (κ3) is 2.73. The van der Waals surface area contributed by atoms with E-state index in [1.165, 1.54) is 31.9 Å². The summed E-state index contributed by atoms with van der Waals surface area (Å²) in [4.78, 5) is 7.32. The summed E-state index contributed by atoms with van der Waals surface area (Å²) in [6, 6.07) is 7.93. The molecule has 0 spiro atoms. The van der Waals surface area contributed by atoms with Crippen molar-refractivity contribution in [1.82, 2.24) is 15.2 Å². The van der Waals surface area contributed by atoms with Gasteiger partial charge in [0, 0.05) is 30.6 Å². The zero-order valence-electron chi connectivity index (χ0n) is 11.8. The van der Waals surface area contributed by atoms with Crippen molar-refractivity contribution in [3.63, 3.8) is 0 Å². The molecule has 2 aliphatic heterocycles. The van der Waals surface area contributed by atoms with Crippen LogP contribution in [0.5, 0.6) is 0 Å². The Bertz CT molecular complexity index is 630. The van der Waals surface area contributed by atoms with Gasteiger partial charge in [-0.2, -0.15) is 0 Å². The van der Waals surface area contributed by atoms with Crippen LogP contribution in [0.3, 0.4) is 0 Å². The number of hydrogen-bond acceptors (Lipinski definition) is 4. The summed E-state index contributed by atoms with van der Waals surface area (Å²) in [6.07, 6.45) is 0. The molecule has 4 rings (SSSR count). The van der Waals surface area contributed by atoms with Crippen molar-refractivity contribution in [1.29, 1.82) is 0 Å². The average Bonchev–Trinajstić information content (AvgIpc) is 3.15. The quantitative estimate of drug-likeness (QED) is 0.942. The molecule has 5 heteroatoms. The van der Waals surface area contributed by atoms with Gasteiger partial charge < -0.3 is 5.32 Å². The summed E-state index contributed by atoms with van der Waals surface area (Å²) in [5.74, 6) is 1.68. The van der Waals surface area contributed by atoms with Crippen LogP contribution in [0.25, 0.3) is 10.6 Å². The van der Waals surface area contributed by atoms with Gasteiger partial charge in [-0.3, -0.25) is 4.90 Å². The van der Waals surface area contributed by atoms with Crippen molar-refractivity contribution >= 4 is 22.9 Å². The summed E-state index contributed by atoms with van der Waals surface area (Å²) in [6.45, 7) is 5.74. The highest BCUT2D eigenvalue weighted by Gasteiger charge is 2.35. The van der Waals surface area contributed by atoms with Crippen LogP contribution in [-0.4, -0.2) is 36.1 Å². The molecule has 2 aliphatic rings. The van der Waals surface area contributed by atoms with Gasteiger partial charge >= 0.3 is 0 Å². The van der Waals surface area contributed by atoms with E-state index in [4.69, 9.17) is 16.6 Å². The fourth-order valence-electron chi connectivity index (χ4n) is 3.45. The number of fused-ring (bicyclic) bond motifs is 1. The van der Waals surface area contributed by atoms with Crippen LogP contribution in [0, 0.1) is 11.8 Å². The molecule has 2 atom stereocenters. The van der Waals surface area contributed by atoms with Gasteiger partial charge in [0.25, 0.3) is 0 Å². The molecule has 0 amide bonds. The zero-order chi connectivity index (χ0) is 14.2. The highest BCUT2D eigenvalue weighted by molar-refractivity contribution is 7.13. The fraction of sp³-hybridized carbons (Fsp3) is 0.438. The molecule has 2 aromatic rings. The molecular weight excluding hydrogens is 302 g/mol. The van der Waals surface area contributed by atoms with E-state index in [2.05, 4.69) is 15.6 Å². The first-order valence-electron chi connectivity index (χ1n) is 7.42. The normalized spacial score (nSPS) is 25.4. The molecule has 110 valence electrons. The molecule has 3 heterocycles. The molecule has 0 radical (unpaired) electrons. The van der Waals surface area contributed by atoms with Gasteiger partial charge in [0.15, 0.2) is 0 Å². The van der Waals surface area contributed by atoms with Gasteiger partial charge in [-0.25, -0.2) is 4.98 Å². The minimum Gasteiger partial charge on any atom is -0.316 e. The number of nitrogens with one attached hydrogen (secondary N) is 1. The van der Waals surface area contributed by atoms with E-state index >= 15 is 0 Å². The average molecular weight is 320 g/mol. The lowest BCUT2D eigenvalue weighted by Gasteiger charge is -2.15. The minimum atomic E-state index is 0.778. The van der Waals surface area contributed by atoms with Gasteiger partial charge in [0.2, 0.25) is 0 Å². The number of halogens is 1. The first kappa shape index (κ1) is 13.7. The Hall–Kier alpha value is -0.940. The van der Waals surface area contributed by atoms with Gasteiger partial charge in [-0.15, -0.1) is 11.3 Å². The first-order valence-corrected chi connectivity index (χ1v) is 8.68. The predicted molar refractivity (Wildman–Crippen MR) is 87.7 cm³/mol. The Kier molecular flexibility index (Phi) is 3.71. The van der Waals surface area contributed by atoms with Crippen LogP contribution in [0.2, 0.25) is 5.02 Å². The lowest BCUT2D eigenvalue weighted by Crippen LogP contribution is -2.25. The number of rotatable bonds is 3. The van der Waals surface area contributed by atoms with E-state index in [0.29, 0.717) is 0 Å². The lowest BCUT2D eigenvalue weighted by molar-refractivity contribution is 0.302. The highest BCUT2D eigenvalue weighted by Crippen LogP contribution is 2.32. The minimum absolute atomic E-state index is 0.778. The Labute approximate surface area is 134 Å². The Balaban J connectivity index is 1.47. The monoisotopic (exact) mass is 319 g/mol. The molecule has 0 aliphatic carbocycles. The third-order valence-corrected chi connectivity index (χ3v) is 5.76. The molecule has 21 heavy (non-hydrogen) atoms. The van der Waals surface area contributed by atoms with Crippen LogP contribution in [0.1, 0.15) is 5.69 Å². The second-order valence-corrected chi connectivity index (χ2v) is 7.26. The molecule has 2 unspecified atom stereocenters. The van der Waals surface area contributed by atoms with Crippen molar-refractivity contribution in [2.45, 2.75) is 6.54 Å². The maximum atomic E-state index is 6.25. The number of hydrogen-bond donors (Lipinski definition) is 1. The topological polar surface area (TPSA) is 28.2 Å². The summed E-state index contributed by atoms with van der Waals surface area (Å²) in [7, 11) is 0. The van der Waals surface area contributed by atoms with Crippen molar-refractivity contribution in [3.8, 4) is 10.6 Å². The number of thiazole rings is 1. The van der Waals surface area contributed by atoms with Crippen molar-refractivity contribution in [2.75, 3.05) is 26.2 Å². The van der Waals surface area contributed by atoms with E-state index in [9.17, 15) is 0 Å². The molecule has 3 nitrogen and oxygen atoms in total. The molecule has 1 aromatic carbocycles. The Morgan fingerprint density at radius 1 is 1.24 bits per heavy atom. The molecule has 2 fully saturated rings. The highest BCUT2D eigenvalue weighted by atomic mass is 35.5. The van der Waals surface area contributed by atoms with Crippen LogP contribution in [0.4, 0.5) is 0 Å². The van der Waals surface area contributed by atoms with Gasteiger partial charge in [0.05, 0.1) is 10.7 Å². The molecule has 1 aromatic heterocycles. The summed E-state index contributed by atoms with van der Waals surface area (Å²) < 4.78 is 0. The van der Waals surface area contributed by atoms with Gasteiger partial charge in [-0.1, -0.05) is 29.8 Å². The maximum absolute atomic E-state index is 6.25. The first-order chi connectivity index (χ1) is 10.3. The smallest absolute Gasteiger partial charge is 0.125 e. The zero-order valence-corrected chi connectivity index (χ0v) is 13.3. The summed E-state index contributed by atoms with van der Waals surface area (Å²) in [5, 5.41) is 7.46. The summed E-state index contributed by atoms with van der Waals surface area (Å²) in [5.41, 5.74) is 2.21. The van der Waals surface area contributed by atoms with Crippen molar-refractivity contribution in [3.05, 3.63) is 40.4 Å². The van der Waals surface area contributed by atoms with E-state index in [1.807, 2.05) is 24.3 Å². The number of benzene rings is 1. The standard InChI is InChI=1S/C16H18ClN3S/c17-15-4-2-1-3-14(15)16-19-13(10-21-16)9-20-7-11-5-18-6-12(11)8-20/h1-4,10-12,18H,5-9H2. The molecule has 1 N–H and O–H groups in total. The van der Waals surface area contributed by atoms with E-state index in [0.717, 1.165) is 34.0 Å². The van der Waals surface area contributed by atoms with Crippen molar-refractivity contribution < 1.29 is 0 Å². The Morgan fingerprint density at radius 3 is 2.76 bits per heavy atom. The molecule has 0 saturated carbocycles. The second-order valence-electron chi connectivity index (χ2n) is 6.00. The molecule has 0 bridgehead atoms. The summed E-state index contributed by atoms with van der Waals surface area (Å²) >= 11 is 7.94. The van der Waals surface area contributed by atoms with Crippen LogP contribution >= 0.6 is 22.9 Å².